The van der Waals surface area contributed by atoms with Gasteiger partial charge >= 0.3 is 0 Å². The summed E-state index contributed by atoms with van der Waals surface area (Å²) < 4.78 is 7.04. The van der Waals surface area contributed by atoms with Crippen molar-refractivity contribution in [3.05, 3.63) is 65.5 Å². The highest BCUT2D eigenvalue weighted by molar-refractivity contribution is 5.82. The number of allylic oxidation sites excluding steroid dienone is 1. The maximum Gasteiger partial charge on any atom is 0.119 e. The van der Waals surface area contributed by atoms with Gasteiger partial charge in [-0.3, -0.25) is 4.98 Å². The second-order valence-electron chi connectivity index (χ2n) is 11.1. The first-order chi connectivity index (χ1) is 15.5. The van der Waals surface area contributed by atoms with E-state index in [0.29, 0.717) is 18.3 Å². The first-order valence-electron chi connectivity index (χ1n) is 12.3. The van der Waals surface area contributed by atoms with E-state index in [9.17, 15) is 10.2 Å². The van der Waals surface area contributed by atoms with Crippen LogP contribution in [-0.4, -0.2) is 38.6 Å². The van der Waals surface area contributed by atoms with E-state index >= 15 is 0 Å². The molecule has 4 heteroatoms. The van der Waals surface area contributed by atoms with Crippen molar-refractivity contribution in [2.75, 3.05) is 0 Å². The molecule has 2 aromatic rings. The summed E-state index contributed by atoms with van der Waals surface area (Å²) in [6.07, 6.45) is 13.7. The van der Waals surface area contributed by atoms with Crippen LogP contribution in [0.25, 0.3) is 10.8 Å². The van der Waals surface area contributed by atoms with Crippen molar-refractivity contribution in [3.8, 4) is 0 Å². The lowest BCUT2D eigenvalue weighted by Crippen LogP contribution is -2.59. The summed E-state index contributed by atoms with van der Waals surface area (Å²) >= 11 is 0. The SMILES string of the molecule is C[C@]12CC=C3C=C4CC[C@@H](O)[C@H](O)[C@]45CCC3(O5)[C@@H]1CC[C@@H]2c1ccc2ccncc2c1. The number of hydrogen-bond donors (Lipinski definition) is 2. The van der Waals surface area contributed by atoms with Gasteiger partial charge < -0.3 is 14.9 Å². The third kappa shape index (κ3) is 2.26. The summed E-state index contributed by atoms with van der Waals surface area (Å²) in [6, 6.07) is 8.97. The minimum Gasteiger partial charge on any atom is -0.390 e. The van der Waals surface area contributed by atoms with Crippen LogP contribution in [0.15, 0.2) is 60.0 Å². The van der Waals surface area contributed by atoms with E-state index in [1.54, 1.807) is 0 Å². The minimum atomic E-state index is -0.818. The molecule has 166 valence electrons. The molecule has 1 saturated heterocycles. The Morgan fingerprint density at radius 2 is 1.91 bits per heavy atom. The monoisotopic (exact) mass is 429 g/mol. The van der Waals surface area contributed by atoms with Crippen LogP contribution >= 0.6 is 0 Å². The van der Waals surface area contributed by atoms with Gasteiger partial charge in [0.1, 0.15) is 11.7 Å². The Balaban J connectivity index is 1.31. The number of aromatic nitrogens is 1. The Morgan fingerprint density at radius 1 is 1.03 bits per heavy atom. The van der Waals surface area contributed by atoms with E-state index in [1.165, 1.54) is 27.5 Å². The van der Waals surface area contributed by atoms with Crippen LogP contribution in [0, 0.1) is 11.3 Å². The molecule has 7 atom stereocenters. The third-order valence-electron chi connectivity index (χ3n) is 9.87. The van der Waals surface area contributed by atoms with E-state index in [2.05, 4.69) is 48.3 Å². The third-order valence-corrected chi connectivity index (χ3v) is 9.87. The summed E-state index contributed by atoms with van der Waals surface area (Å²) in [6.45, 7) is 2.46. The van der Waals surface area contributed by atoms with Crippen LogP contribution in [0.4, 0.5) is 0 Å². The van der Waals surface area contributed by atoms with Crippen LogP contribution in [0.5, 0.6) is 0 Å². The number of ether oxygens (including phenoxy) is 1. The average Bonchev–Trinajstić information content (AvgIpc) is 3.33. The van der Waals surface area contributed by atoms with Crippen molar-refractivity contribution >= 4 is 10.8 Å². The molecule has 1 aromatic carbocycles. The molecule has 2 saturated carbocycles. The van der Waals surface area contributed by atoms with Crippen LogP contribution in [0.2, 0.25) is 0 Å². The van der Waals surface area contributed by atoms with Gasteiger partial charge in [-0.25, -0.2) is 0 Å². The summed E-state index contributed by atoms with van der Waals surface area (Å²) in [5.74, 6) is 0.907. The molecule has 3 aliphatic carbocycles. The Labute approximate surface area is 189 Å². The van der Waals surface area contributed by atoms with Crippen molar-refractivity contribution in [2.24, 2.45) is 11.3 Å². The van der Waals surface area contributed by atoms with Gasteiger partial charge in [0.05, 0.1) is 11.7 Å². The lowest BCUT2D eigenvalue weighted by Gasteiger charge is -2.55. The Bertz CT molecular complexity index is 1190. The Morgan fingerprint density at radius 3 is 2.81 bits per heavy atom. The fraction of sp³-hybridized carbons (Fsp3) is 0.536. The summed E-state index contributed by atoms with van der Waals surface area (Å²) in [7, 11) is 0. The predicted molar refractivity (Wildman–Crippen MR) is 123 cm³/mol. The van der Waals surface area contributed by atoms with Crippen molar-refractivity contribution in [2.45, 2.75) is 81.2 Å². The molecule has 2 N–H and O–H groups in total. The Hall–Kier alpha value is -2.01. The van der Waals surface area contributed by atoms with Gasteiger partial charge in [-0.05, 0) is 96.4 Å². The first-order valence-corrected chi connectivity index (χ1v) is 12.3. The Kier molecular flexibility index (Phi) is 3.84. The summed E-state index contributed by atoms with van der Waals surface area (Å²) in [4.78, 5) is 4.33. The zero-order valence-corrected chi connectivity index (χ0v) is 18.6. The smallest absolute Gasteiger partial charge is 0.119 e. The number of aliphatic hydroxyl groups excluding tert-OH is 2. The summed E-state index contributed by atoms with van der Waals surface area (Å²) in [5.41, 5.74) is 3.08. The number of rotatable bonds is 1. The largest absolute Gasteiger partial charge is 0.390 e. The predicted octanol–water partition coefficient (Wildman–Crippen LogP) is 4.81. The van der Waals surface area contributed by atoms with Crippen molar-refractivity contribution in [1.82, 2.24) is 4.98 Å². The van der Waals surface area contributed by atoms with Crippen LogP contribution < -0.4 is 0 Å². The molecule has 0 radical (unpaired) electrons. The van der Waals surface area contributed by atoms with Gasteiger partial charge in [-0.15, -0.1) is 0 Å². The maximum atomic E-state index is 11.0. The number of benzene rings is 1. The number of hydrogen-bond acceptors (Lipinski definition) is 4. The molecule has 5 aliphatic rings. The van der Waals surface area contributed by atoms with Crippen molar-refractivity contribution in [1.29, 1.82) is 0 Å². The number of pyridine rings is 1. The zero-order valence-electron chi connectivity index (χ0n) is 18.6. The van der Waals surface area contributed by atoms with Crippen LogP contribution in [0.3, 0.4) is 0 Å². The van der Waals surface area contributed by atoms with Crippen LogP contribution in [-0.2, 0) is 4.74 Å². The number of aliphatic hydroxyl groups is 2. The van der Waals surface area contributed by atoms with Gasteiger partial charge in [0.15, 0.2) is 0 Å². The van der Waals surface area contributed by atoms with E-state index in [4.69, 9.17) is 4.74 Å². The second kappa shape index (κ2) is 6.31. The van der Waals surface area contributed by atoms with Gasteiger partial charge in [0.25, 0.3) is 0 Å². The van der Waals surface area contributed by atoms with Gasteiger partial charge in [0, 0.05) is 17.8 Å². The first kappa shape index (κ1) is 19.5. The number of fused-ring (bicyclic) bond motifs is 2. The second-order valence-corrected chi connectivity index (χ2v) is 11.1. The fourth-order valence-electron chi connectivity index (χ4n) is 8.28. The van der Waals surface area contributed by atoms with E-state index in [0.717, 1.165) is 38.5 Å². The molecule has 2 spiro atoms. The molecule has 2 aliphatic heterocycles. The topological polar surface area (TPSA) is 62.6 Å². The molecule has 3 fully saturated rings. The normalized spacial score (nSPS) is 44.5. The quantitative estimate of drug-likeness (QED) is 0.683. The van der Waals surface area contributed by atoms with Gasteiger partial charge in [-0.2, -0.15) is 0 Å². The molecule has 1 unspecified atom stereocenters. The van der Waals surface area contributed by atoms with Gasteiger partial charge in [-0.1, -0.05) is 31.2 Å². The highest BCUT2D eigenvalue weighted by Crippen LogP contribution is 2.69. The molecule has 2 bridgehead atoms. The molecule has 1 aromatic heterocycles. The lowest BCUT2D eigenvalue weighted by atomic mass is 9.58. The maximum absolute atomic E-state index is 11.0. The highest BCUT2D eigenvalue weighted by Gasteiger charge is 2.68. The average molecular weight is 430 g/mol. The number of nitrogens with zero attached hydrogens (tertiary/aromatic N) is 1. The van der Waals surface area contributed by atoms with Crippen molar-refractivity contribution in [3.63, 3.8) is 0 Å². The molecule has 0 amide bonds. The molecule has 7 rings (SSSR count). The van der Waals surface area contributed by atoms with Crippen molar-refractivity contribution < 1.29 is 14.9 Å². The van der Waals surface area contributed by atoms with Gasteiger partial charge in [0.2, 0.25) is 0 Å². The summed E-state index contributed by atoms with van der Waals surface area (Å²) in [5, 5.41) is 23.9. The minimum absolute atomic E-state index is 0.120. The van der Waals surface area contributed by atoms with E-state index in [-0.39, 0.29) is 11.0 Å². The van der Waals surface area contributed by atoms with Crippen LogP contribution in [0.1, 0.15) is 63.4 Å². The van der Waals surface area contributed by atoms with E-state index in [1.807, 2.05) is 12.4 Å². The molecular weight excluding hydrogens is 398 g/mol. The highest BCUT2D eigenvalue weighted by atomic mass is 16.5. The molecule has 4 nitrogen and oxygen atoms in total. The molecule has 32 heavy (non-hydrogen) atoms. The lowest BCUT2D eigenvalue weighted by molar-refractivity contribution is -0.193. The molecule has 3 heterocycles. The zero-order chi connectivity index (χ0) is 21.7. The fourth-order valence-corrected chi connectivity index (χ4v) is 8.28. The molecular formula is C28H31NO3. The standard InChI is InChI=1S/C28H31NO3/c1-26-10-8-21-15-20-4-6-23(30)25(31)28(20)12-11-27(21,32-28)24(26)7-5-22(26)18-3-2-17-9-13-29-16-19(17)14-18/h2-3,8-9,13-16,22-25,30-31H,4-7,10-12H2,1H3/t22-,23-,24-,25+,26-,27?,28+/m1/s1. The van der Waals surface area contributed by atoms with E-state index < -0.39 is 17.8 Å².